The van der Waals surface area contributed by atoms with Gasteiger partial charge in [-0.1, -0.05) is 31.1 Å². The Labute approximate surface area is 186 Å². The van der Waals surface area contributed by atoms with E-state index in [1.807, 2.05) is 7.05 Å². The summed E-state index contributed by atoms with van der Waals surface area (Å²) in [7, 11) is 2.04. The summed E-state index contributed by atoms with van der Waals surface area (Å²) in [5, 5.41) is 0. The molecule has 31 heavy (non-hydrogen) atoms. The number of nitrogen functional groups attached to an aromatic ring is 1. The van der Waals surface area contributed by atoms with Crippen LogP contribution in [0.5, 0.6) is 0 Å². The number of rotatable bonds is 5. The first-order valence-electron chi connectivity index (χ1n) is 11.7. The molecule has 6 nitrogen and oxygen atoms in total. The zero-order valence-corrected chi connectivity index (χ0v) is 19.7. The lowest BCUT2D eigenvalue weighted by atomic mass is 9.54. The van der Waals surface area contributed by atoms with Gasteiger partial charge >= 0.3 is 0 Å². The number of nitrogens with zero attached hydrogens (tertiary/aromatic N) is 4. The molecule has 4 rings (SSSR count). The SMILES string of the molecule is CC1=C2CC[C@H](C)[C@@](C)(CC/C(C)=C/CN3CN(C)c4ncnc(N)c43)[C@@H]2CCC1=O. The monoisotopic (exact) mass is 423 g/mol. The van der Waals surface area contributed by atoms with Gasteiger partial charge in [-0.15, -0.1) is 0 Å². The zero-order valence-electron chi connectivity index (χ0n) is 19.7. The van der Waals surface area contributed by atoms with Crippen LogP contribution in [0, 0.1) is 17.3 Å². The Morgan fingerprint density at radius 2 is 2.10 bits per heavy atom. The van der Waals surface area contributed by atoms with Gasteiger partial charge in [-0.2, -0.15) is 0 Å². The summed E-state index contributed by atoms with van der Waals surface area (Å²) in [6.07, 6.45) is 10.2. The number of nitrogens with two attached hydrogens (primary N) is 1. The number of hydrogen-bond acceptors (Lipinski definition) is 6. The van der Waals surface area contributed by atoms with Gasteiger partial charge in [-0.3, -0.25) is 4.79 Å². The van der Waals surface area contributed by atoms with Crippen molar-refractivity contribution in [3.05, 3.63) is 29.1 Å². The number of anilines is 3. The predicted molar refractivity (Wildman–Crippen MR) is 127 cm³/mol. The Morgan fingerprint density at radius 1 is 1.32 bits per heavy atom. The standard InChI is InChI=1S/C25H37N5O/c1-16(11-13-30-15-29(5)24-22(30)23(26)27-14-28-24)10-12-25(4)17(2)6-7-19-18(3)21(31)9-8-20(19)25/h11,14,17,20H,6-10,12-13,15H2,1-5H3,(H2,26,27,28)/b16-11+/t17-,20+,25+/m0/s1. The fourth-order valence-electron chi connectivity index (χ4n) is 5.98. The molecule has 0 saturated heterocycles. The van der Waals surface area contributed by atoms with Crippen molar-refractivity contribution in [2.24, 2.45) is 17.3 Å². The molecular formula is C25H37N5O. The van der Waals surface area contributed by atoms with Crippen molar-refractivity contribution < 1.29 is 4.79 Å². The van der Waals surface area contributed by atoms with Gasteiger partial charge in [0.05, 0.1) is 6.67 Å². The first kappa shape index (κ1) is 21.8. The quantitative estimate of drug-likeness (QED) is 0.690. The van der Waals surface area contributed by atoms with E-state index in [0.717, 1.165) is 56.0 Å². The van der Waals surface area contributed by atoms with Crippen LogP contribution in [0.3, 0.4) is 0 Å². The number of aromatic nitrogens is 2. The largest absolute Gasteiger partial charge is 0.382 e. The van der Waals surface area contributed by atoms with Crippen LogP contribution in [0.2, 0.25) is 0 Å². The third kappa shape index (κ3) is 3.85. The maximum absolute atomic E-state index is 12.3. The second-order valence-corrected chi connectivity index (χ2v) is 10.2. The minimum atomic E-state index is 0.267. The number of allylic oxidation sites excluding steroid dienone is 3. The number of fused-ring (bicyclic) bond motifs is 2. The molecule has 2 heterocycles. The van der Waals surface area contributed by atoms with Crippen molar-refractivity contribution in [2.75, 3.05) is 35.8 Å². The summed E-state index contributed by atoms with van der Waals surface area (Å²) in [4.78, 5) is 25.2. The molecule has 0 amide bonds. The lowest BCUT2D eigenvalue weighted by Crippen LogP contribution is -2.41. The summed E-state index contributed by atoms with van der Waals surface area (Å²) in [5.74, 6) is 3.08. The fraction of sp³-hybridized carbons (Fsp3) is 0.640. The van der Waals surface area contributed by atoms with Gasteiger partial charge in [0.1, 0.15) is 12.0 Å². The topological polar surface area (TPSA) is 75.3 Å². The van der Waals surface area contributed by atoms with E-state index in [2.05, 4.69) is 53.5 Å². The molecule has 0 spiro atoms. The molecule has 0 unspecified atom stereocenters. The molecule has 3 atom stereocenters. The van der Waals surface area contributed by atoms with E-state index < -0.39 is 0 Å². The van der Waals surface area contributed by atoms with E-state index in [-0.39, 0.29) is 5.41 Å². The van der Waals surface area contributed by atoms with Gasteiger partial charge in [0.15, 0.2) is 17.4 Å². The summed E-state index contributed by atoms with van der Waals surface area (Å²) in [6, 6.07) is 0. The van der Waals surface area contributed by atoms with E-state index >= 15 is 0 Å². The lowest BCUT2D eigenvalue weighted by Gasteiger charge is -2.50. The van der Waals surface area contributed by atoms with Crippen molar-refractivity contribution in [1.29, 1.82) is 0 Å². The van der Waals surface area contributed by atoms with Crippen LogP contribution in [0.1, 0.15) is 66.2 Å². The minimum absolute atomic E-state index is 0.267. The van der Waals surface area contributed by atoms with Gasteiger partial charge in [0.2, 0.25) is 0 Å². The maximum atomic E-state index is 12.3. The summed E-state index contributed by atoms with van der Waals surface area (Å²) in [5.41, 5.74) is 11.3. The Bertz CT molecular complexity index is 936. The molecule has 2 aliphatic carbocycles. The van der Waals surface area contributed by atoms with Gasteiger partial charge < -0.3 is 15.5 Å². The molecule has 1 aliphatic heterocycles. The van der Waals surface area contributed by atoms with E-state index in [1.54, 1.807) is 0 Å². The summed E-state index contributed by atoms with van der Waals surface area (Å²) in [6.45, 7) is 10.8. The molecule has 1 saturated carbocycles. The highest BCUT2D eigenvalue weighted by Crippen LogP contribution is 2.55. The molecule has 168 valence electrons. The average molecular weight is 424 g/mol. The summed E-state index contributed by atoms with van der Waals surface area (Å²) < 4.78 is 0. The Balaban J connectivity index is 1.44. The lowest BCUT2D eigenvalue weighted by molar-refractivity contribution is -0.117. The molecule has 2 N–H and O–H groups in total. The fourth-order valence-corrected chi connectivity index (χ4v) is 5.98. The highest BCUT2D eigenvalue weighted by atomic mass is 16.1. The second kappa shape index (κ2) is 8.29. The molecule has 6 heteroatoms. The van der Waals surface area contributed by atoms with Crippen LogP contribution < -0.4 is 15.5 Å². The molecule has 0 aromatic carbocycles. The summed E-state index contributed by atoms with van der Waals surface area (Å²) >= 11 is 0. The molecule has 1 aromatic rings. The van der Waals surface area contributed by atoms with Gasteiger partial charge in [-0.25, -0.2) is 9.97 Å². The minimum Gasteiger partial charge on any atom is -0.382 e. The van der Waals surface area contributed by atoms with Crippen LogP contribution >= 0.6 is 0 Å². The molecule has 0 bridgehead atoms. The number of hydrogen-bond donors (Lipinski definition) is 1. The number of carbonyl (C=O) groups is 1. The van der Waals surface area contributed by atoms with Crippen molar-refractivity contribution >= 4 is 23.1 Å². The van der Waals surface area contributed by atoms with Crippen LogP contribution in [0.4, 0.5) is 17.3 Å². The molecule has 1 aromatic heterocycles. The first-order chi connectivity index (χ1) is 14.7. The van der Waals surface area contributed by atoms with Crippen molar-refractivity contribution in [3.8, 4) is 0 Å². The average Bonchev–Trinajstić information content (AvgIpc) is 3.07. The number of carbonyl (C=O) groups excluding carboxylic acids is 1. The number of Topliss-reactive ketones (excluding diaryl/α,β-unsaturated/α-hetero) is 1. The maximum Gasteiger partial charge on any atom is 0.159 e. The first-order valence-corrected chi connectivity index (χ1v) is 11.7. The van der Waals surface area contributed by atoms with Crippen LogP contribution in [-0.2, 0) is 4.79 Å². The van der Waals surface area contributed by atoms with E-state index in [4.69, 9.17) is 5.73 Å². The van der Waals surface area contributed by atoms with Gasteiger partial charge in [0.25, 0.3) is 0 Å². The third-order valence-electron chi connectivity index (χ3n) is 8.36. The van der Waals surface area contributed by atoms with E-state index in [0.29, 0.717) is 23.4 Å². The highest BCUT2D eigenvalue weighted by Gasteiger charge is 2.45. The van der Waals surface area contributed by atoms with Crippen molar-refractivity contribution in [1.82, 2.24) is 9.97 Å². The molecule has 1 fully saturated rings. The normalized spacial score (nSPS) is 28.8. The Hall–Kier alpha value is -2.37. The number of ketones is 1. The van der Waals surface area contributed by atoms with Gasteiger partial charge in [0, 0.05) is 20.0 Å². The van der Waals surface area contributed by atoms with Crippen LogP contribution in [0.25, 0.3) is 0 Å². The van der Waals surface area contributed by atoms with Gasteiger partial charge in [-0.05, 0) is 68.8 Å². The van der Waals surface area contributed by atoms with Crippen LogP contribution in [0.15, 0.2) is 29.1 Å². The molecule has 0 radical (unpaired) electrons. The van der Waals surface area contributed by atoms with Crippen molar-refractivity contribution in [2.45, 2.75) is 66.2 Å². The van der Waals surface area contributed by atoms with Crippen LogP contribution in [-0.4, -0.2) is 36.0 Å². The molecule has 3 aliphatic rings. The molecular weight excluding hydrogens is 386 g/mol. The Kier molecular flexibility index (Phi) is 5.84. The Morgan fingerprint density at radius 3 is 2.87 bits per heavy atom. The zero-order chi connectivity index (χ0) is 22.3. The second-order valence-electron chi connectivity index (χ2n) is 10.2. The van der Waals surface area contributed by atoms with E-state index in [9.17, 15) is 4.79 Å². The highest BCUT2D eigenvalue weighted by molar-refractivity contribution is 5.96. The smallest absolute Gasteiger partial charge is 0.159 e. The van der Waals surface area contributed by atoms with E-state index in [1.165, 1.54) is 30.3 Å². The predicted octanol–water partition coefficient (Wildman–Crippen LogP) is 4.73. The van der Waals surface area contributed by atoms with Crippen molar-refractivity contribution in [3.63, 3.8) is 0 Å². The third-order valence-corrected chi connectivity index (χ3v) is 8.36.